The number of hydrogen-bond donors (Lipinski definition) is 1. The summed E-state index contributed by atoms with van der Waals surface area (Å²) in [5, 5.41) is 10.6. The van der Waals surface area contributed by atoms with Crippen molar-refractivity contribution >= 4 is 11.5 Å². The van der Waals surface area contributed by atoms with Gasteiger partial charge in [0.2, 0.25) is 0 Å². The van der Waals surface area contributed by atoms with Crippen LogP contribution in [0, 0.1) is 10.1 Å². The van der Waals surface area contributed by atoms with E-state index in [9.17, 15) is 10.1 Å². The van der Waals surface area contributed by atoms with E-state index in [0.29, 0.717) is 0 Å². The highest BCUT2D eigenvalue weighted by molar-refractivity contribution is 5.46. The maximum absolute atomic E-state index is 10.6. The predicted octanol–water partition coefficient (Wildman–Crippen LogP) is 1.36. The van der Waals surface area contributed by atoms with Crippen LogP contribution in [0.1, 0.15) is 13.8 Å². The van der Waals surface area contributed by atoms with Crippen LogP contribution in [0.3, 0.4) is 0 Å². The van der Waals surface area contributed by atoms with Gasteiger partial charge in [-0.05, 0) is 19.9 Å². The Kier molecular flexibility index (Phi) is 2.85. The number of nitrogens with zero attached hydrogens (tertiary/aromatic N) is 2. The van der Waals surface area contributed by atoms with Gasteiger partial charge in [0.25, 0.3) is 5.88 Å². The highest BCUT2D eigenvalue weighted by Crippen LogP contribution is 2.25. The van der Waals surface area contributed by atoms with E-state index >= 15 is 0 Å². The normalized spacial score (nSPS) is 10.2. The second kappa shape index (κ2) is 3.91. The molecule has 1 aromatic rings. The van der Waals surface area contributed by atoms with E-state index in [0.717, 1.165) is 0 Å². The van der Waals surface area contributed by atoms with Crippen molar-refractivity contribution in [3.63, 3.8) is 0 Å². The van der Waals surface area contributed by atoms with Gasteiger partial charge in [0.05, 0.1) is 11.0 Å². The van der Waals surface area contributed by atoms with Crippen molar-refractivity contribution in [2.75, 3.05) is 5.73 Å². The van der Waals surface area contributed by atoms with E-state index in [1.165, 1.54) is 12.1 Å². The van der Waals surface area contributed by atoms with Gasteiger partial charge in [-0.25, -0.2) is 0 Å². The Morgan fingerprint density at radius 3 is 2.71 bits per heavy atom. The van der Waals surface area contributed by atoms with Gasteiger partial charge in [-0.3, -0.25) is 10.1 Å². The van der Waals surface area contributed by atoms with Crippen LogP contribution in [0.4, 0.5) is 11.5 Å². The fourth-order valence-electron chi connectivity index (χ4n) is 0.896. The third kappa shape index (κ3) is 2.32. The lowest BCUT2D eigenvalue weighted by Gasteiger charge is -2.08. The number of nitrogen functional groups attached to an aromatic ring is 1. The van der Waals surface area contributed by atoms with Gasteiger partial charge in [-0.2, -0.15) is 4.98 Å². The Morgan fingerprint density at radius 2 is 2.21 bits per heavy atom. The maximum atomic E-state index is 10.6. The molecule has 2 N–H and O–H groups in total. The summed E-state index contributed by atoms with van der Waals surface area (Å²) in [6.45, 7) is 3.52. The third-order valence-corrected chi connectivity index (χ3v) is 1.41. The van der Waals surface area contributed by atoms with Crippen LogP contribution in [-0.4, -0.2) is 16.0 Å². The van der Waals surface area contributed by atoms with Crippen LogP contribution < -0.4 is 10.5 Å². The van der Waals surface area contributed by atoms with Crippen LogP contribution in [0.2, 0.25) is 0 Å². The molecule has 1 heterocycles. The van der Waals surface area contributed by atoms with Gasteiger partial charge < -0.3 is 10.5 Å². The molecular weight excluding hydrogens is 186 g/mol. The zero-order chi connectivity index (χ0) is 10.7. The lowest BCUT2D eigenvalue weighted by Crippen LogP contribution is -2.09. The molecule has 1 rings (SSSR count). The lowest BCUT2D eigenvalue weighted by molar-refractivity contribution is -0.386. The van der Waals surface area contributed by atoms with E-state index in [1.54, 1.807) is 13.8 Å². The van der Waals surface area contributed by atoms with Crippen molar-refractivity contribution in [1.29, 1.82) is 0 Å². The molecule has 0 amide bonds. The molecule has 6 heteroatoms. The molecule has 0 spiro atoms. The molecule has 0 saturated heterocycles. The highest BCUT2D eigenvalue weighted by Gasteiger charge is 2.17. The fourth-order valence-corrected chi connectivity index (χ4v) is 0.896. The Labute approximate surface area is 80.9 Å². The molecule has 0 bridgehead atoms. The molecule has 14 heavy (non-hydrogen) atoms. The molecule has 1 aromatic heterocycles. The van der Waals surface area contributed by atoms with E-state index in [1.807, 2.05) is 0 Å². The zero-order valence-corrected chi connectivity index (χ0v) is 7.93. The summed E-state index contributed by atoms with van der Waals surface area (Å²) in [5.41, 5.74) is 5.22. The first-order valence-corrected chi connectivity index (χ1v) is 4.08. The molecule has 0 aromatic carbocycles. The second-order valence-corrected chi connectivity index (χ2v) is 2.98. The third-order valence-electron chi connectivity index (χ3n) is 1.41. The number of ether oxygens (including phenoxy) is 1. The standard InChI is InChI=1S/C8H11N3O3/c1-5(2)14-8-6(11(12)13)3-4-7(9)10-8/h3-5H,1-2H3,(H2,9,10). The summed E-state index contributed by atoms with van der Waals surface area (Å²) < 4.78 is 5.15. The molecular formula is C8H11N3O3. The molecule has 0 saturated carbocycles. The number of aromatic nitrogens is 1. The van der Waals surface area contributed by atoms with E-state index < -0.39 is 4.92 Å². The van der Waals surface area contributed by atoms with Gasteiger partial charge in [-0.15, -0.1) is 0 Å². The van der Waals surface area contributed by atoms with Gasteiger partial charge in [0, 0.05) is 6.07 Å². The van der Waals surface area contributed by atoms with E-state index in [4.69, 9.17) is 10.5 Å². The molecule has 76 valence electrons. The average Bonchev–Trinajstić information content (AvgIpc) is 2.01. The lowest BCUT2D eigenvalue weighted by atomic mass is 10.4. The number of pyridine rings is 1. The minimum atomic E-state index is -0.551. The molecule has 0 aliphatic carbocycles. The van der Waals surface area contributed by atoms with Crippen molar-refractivity contribution < 1.29 is 9.66 Å². The molecule has 0 aliphatic rings. The Bertz CT molecular complexity index is 352. The molecule has 0 atom stereocenters. The number of hydrogen-bond acceptors (Lipinski definition) is 5. The van der Waals surface area contributed by atoms with Crippen molar-refractivity contribution in [2.45, 2.75) is 20.0 Å². The van der Waals surface area contributed by atoms with E-state index in [-0.39, 0.29) is 23.5 Å². The molecule has 0 radical (unpaired) electrons. The quantitative estimate of drug-likeness (QED) is 0.583. The highest BCUT2D eigenvalue weighted by atomic mass is 16.6. The predicted molar refractivity (Wildman–Crippen MR) is 51.1 cm³/mol. The van der Waals surface area contributed by atoms with Crippen LogP contribution in [0.5, 0.6) is 5.88 Å². The van der Waals surface area contributed by atoms with Crippen molar-refractivity contribution in [2.24, 2.45) is 0 Å². The maximum Gasteiger partial charge on any atom is 0.331 e. The molecule has 0 aliphatic heterocycles. The van der Waals surface area contributed by atoms with Gasteiger partial charge >= 0.3 is 5.69 Å². The first kappa shape index (κ1) is 10.2. The van der Waals surface area contributed by atoms with E-state index in [2.05, 4.69) is 4.98 Å². The van der Waals surface area contributed by atoms with Crippen molar-refractivity contribution in [3.8, 4) is 5.88 Å². The Balaban J connectivity index is 3.09. The number of nitro groups is 1. The number of anilines is 1. The first-order valence-electron chi connectivity index (χ1n) is 4.08. The Morgan fingerprint density at radius 1 is 1.57 bits per heavy atom. The number of nitrogens with two attached hydrogens (primary N) is 1. The summed E-state index contributed by atoms with van der Waals surface area (Å²) in [6.07, 6.45) is -0.178. The second-order valence-electron chi connectivity index (χ2n) is 2.98. The fraction of sp³-hybridized carbons (Fsp3) is 0.375. The summed E-state index contributed by atoms with van der Waals surface area (Å²) in [7, 11) is 0. The topological polar surface area (TPSA) is 91.3 Å². The molecule has 0 unspecified atom stereocenters. The zero-order valence-electron chi connectivity index (χ0n) is 7.93. The van der Waals surface area contributed by atoms with Crippen LogP contribution in [-0.2, 0) is 0 Å². The number of rotatable bonds is 3. The summed E-state index contributed by atoms with van der Waals surface area (Å²) in [5.74, 6) is 0.163. The van der Waals surface area contributed by atoms with Gasteiger partial charge in [-0.1, -0.05) is 0 Å². The summed E-state index contributed by atoms with van der Waals surface area (Å²) in [6, 6.07) is 2.64. The first-order chi connectivity index (χ1) is 6.50. The molecule has 6 nitrogen and oxygen atoms in total. The monoisotopic (exact) mass is 197 g/mol. The van der Waals surface area contributed by atoms with Gasteiger partial charge in [0.15, 0.2) is 0 Å². The minimum Gasteiger partial charge on any atom is -0.470 e. The summed E-state index contributed by atoms with van der Waals surface area (Å²) in [4.78, 5) is 13.8. The summed E-state index contributed by atoms with van der Waals surface area (Å²) >= 11 is 0. The van der Waals surface area contributed by atoms with Crippen LogP contribution in [0.15, 0.2) is 12.1 Å². The Hall–Kier alpha value is -1.85. The average molecular weight is 197 g/mol. The smallest absolute Gasteiger partial charge is 0.331 e. The van der Waals surface area contributed by atoms with Crippen LogP contribution in [0.25, 0.3) is 0 Å². The minimum absolute atomic E-state index is 0.0370. The largest absolute Gasteiger partial charge is 0.470 e. The SMILES string of the molecule is CC(C)Oc1nc(N)ccc1[N+](=O)[O-]. The molecule has 0 fully saturated rings. The van der Waals surface area contributed by atoms with Crippen molar-refractivity contribution in [3.05, 3.63) is 22.2 Å². The van der Waals surface area contributed by atoms with Crippen LogP contribution >= 0.6 is 0 Å². The van der Waals surface area contributed by atoms with Crippen molar-refractivity contribution in [1.82, 2.24) is 4.98 Å². The van der Waals surface area contributed by atoms with Gasteiger partial charge in [0.1, 0.15) is 5.82 Å².